The minimum atomic E-state index is -4.64. The first-order chi connectivity index (χ1) is 3.73. The molecule has 0 saturated carbocycles. The summed E-state index contributed by atoms with van der Waals surface area (Å²) in [7, 11) is -7.75. The van der Waals surface area contributed by atoms with Gasteiger partial charge in [-0.05, 0) is 0 Å². The van der Waals surface area contributed by atoms with Crippen molar-refractivity contribution in [3.05, 3.63) is 0 Å². The van der Waals surface area contributed by atoms with Crippen molar-refractivity contribution in [3.63, 3.8) is 0 Å². The van der Waals surface area contributed by atoms with Crippen LogP contribution in [0, 0.1) is 0 Å². The van der Waals surface area contributed by atoms with Crippen molar-refractivity contribution in [1.29, 1.82) is 0 Å². The normalized spacial score (nSPS) is 9.22. The van der Waals surface area contributed by atoms with Crippen LogP contribution < -0.4 is 0 Å². The molecule has 56 valence electrons. The Hall–Kier alpha value is -0.270. The molecule has 0 radical (unpaired) electrons. The zero-order chi connectivity index (χ0) is 8.08. The maximum absolute atomic E-state index is 8.88. The zero-order valence-electron chi connectivity index (χ0n) is 3.83. The maximum Gasteiger partial charge on any atom is 0.466 e. The van der Waals surface area contributed by atoms with E-state index in [9.17, 15) is 0 Å². The fourth-order valence-electron chi connectivity index (χ4n) is 0. The van der Waals surface area contributed by atoms with Crippen LogP contribution in [0.1, 0.15) is 0 Å². The third-order valence-corrected chi connectivity index (χ3v) is 0. The second-order valence-electron chi connectivity index (χ2n) is 0.717. The molecule has 0 atom stereocenters. The lowest BCUT2D eigenvalue weighted by Gasteiger charge is -1.82. The summed E-state index contributed by atoms with van der Waals surface area (Å²) in [6.07, 6.45) is 0. The van der Waals surface area contributed by atoms with Gasteiger partial charge in [0.15, 0.2) is 0 Å². The lowest BCUT2D eigenvalue weighted by Crippen LogP contribution is -1.66. The summed E-state index contributed by atoms with van der Waals surface area (Å²) in [6, 6.07) is 0. The van der Waals surface area contributed by atoms with E-state index in [0.29, 0.717) is 0 Å². The zero-order valence-corrected chi connectivity index (χ0v) is 5.54. The molecule has 0 aliphatic rings. The molecule has 0 rings (SSSR count). The Bertz CT molecular complexity index is 173. The molecule has 0 aromatic carbocycles. The Labute approximate surface area is 51.3 Å². The largest absolute Gasteiger partial charge is 0.466 e. The molecule has 7 nitrogen and oxygen atoms in total. The van der Waals surface area contributed by atoms with Gasteiger partial charge in [0, 0.05) is 0 Å². The van der Waals surface area contributed by atoms with Gasteiger partial charge in [0.25, 0.3) is 0 Å². The number of hydrogen-bond acceptors (Lipinski definition) is 4. The Balaban J connectivity index is 0. The van der Waals surface area contributed by atoms with Gasteiger partial charge in [-0.1, -0.05) is 0 Å². The first kappa shape index (κ1) is 11.5. The predicted octanol–water partition coefficient (Wildman–Crippen LogP) is -1.93. The molecule has 0 fully saturated rings. The van der Waals surface area contributed by atoms with Crippen molar-refractivity contribution >= 4 is 18.4 Å². The molecule has 3 N–H and O–H groups in total. The molecule has 0 saturated heterocycles. The summed E-state index contributed by atoms with van der Waals surface area (Å²) < 4.78 is 34.2. The van der Waals surface area contributed by atoms with Crippen LogP contribution in [-0.4, -0.2) is 27.3 Å². The van der Waals surface area contributed by atoms with Crippen LogP contribution in [0.3, 0.4) is 0 Å². The van der Waals surface area contributed by atoms with Gasteiger partial charge in [0.1, 0.15) is 0 Å². The molecule has 0 aromatic rings. The number of hydrogen-bond donors (Lipinski definition) is 3. The van der Waals surface area contributed by atoms with Crippen LogP contribution >= 0.6 is 7.82 Å². The fraction of sp³-hybridized carbons (Fsp3) is 0. The summed E-state index contributed by atoms with van der Waals surface area (Å²) in [5.74, 6) is 0. The summed E-state index contributed by atoms with van der Waals surface area (Å²) in [5, 5.41) is 0. The summed E-state index contributed by atoms with van der Waals surface area (Å²) in [6.45, 7) is 0. The highest BCUT2D eigenvalue weighted by Crippen LogP contribution is 2.25. The first-order valence-corrected chi connectivity index (χ1v) is 3.85. The summed E-state index contributed by atoms with van der Waals surface area (Å²) in [5.41, 5.74) is 0. The Morgan fingerprint density at radius 3 is 1.00 bits per heavy atom. The van der Waals surface area contributed by atoms with Crippen LogP contribution in [0.5, 0.6) is 0 Å². The SMILES string of the molecule is O=P(O)(O)O.O=S(=O)=O. The van der Waals surface area contributed by atoms with Crippen molar-refractivity contribution in [3.8, 4) is 0 Å². The van der Waals surface area contributed by atoms with Crippen molar-refractivity contribution in [1.82, 2.24) is 0 Å². The Morgan fingerprint density at radius 1 is 1.00 bits per heavy atom. The second-order valence-corrected chi connectivity index (χ2v) is 2.15. The van der Waals surface area contributed by atoms with Crippen molar-refractivity contribution < 1.29 is 31.9 Å². The van der Waals surface area contributed by atoms with Crippen LogP contribution in [0.4, 0.5) is 0 Å². The molecule has 0 aromatic heterocycles. The molecular formula is H3O7PS. The Kier molecular flexibility index (Phi) is 5.88. The highest BCUT2D eigenvalue weighted by Gasteiger charge is 2.00. The molecule has 0 amide bonds. The summed E-state index contributed by atoms with van der Waals surface area (Å²) >= 11 is 0. The van der Waals surface area contributed by atoms with E-state index in [2.05, 4.69) is 0 Å². The van der Waals surface area contributed by atoms with E-state index in [4.69, 9.17) is 31.9 Å². The standard InChI is InChI=1S/H3O4P.O3S/c1-5(2,3)4;1-4(2)3/h(H3,1,2,3,4);. The quantitative estimate of drug-likeness (QED) is 0.368. The summed E-state index contributed by atoms with van der Waals surface area (Å²) in [4.78, 5) is 21.6. The molecule has 0 aliphatic carbocycles. The van der Waals surface area contributed by atoms with E-state index >= 15 is 0 Å². The van der Waals surface area contributed by atoms with Crippen LogP contribution in [0.2, 0.25) is 0 Å². The maximum atomic E-state index is 8.88. The minimum absolute atomic E-state index is 3.11. The van der Waals surface area contributed by atoms with Crippen molar-refractivity contribution in [2.24, 2.45) is 0 Å². The molecule has 0 bridgehead atoms. The molecule has 9 heteroatoms. The first-order valence-electron chi connectivity index (χ1n) is 1.28. The van der Waals surface area contributed by atoms with E-state index < -0.39 is 18.4 Å². The van der Waals surface area contributed by atoms with Gasteiger partial charge in [0.05, 0.1) is 0 Å². The van der Waals surface area contributed by atoms with E-state index in [1.807, 2.05) is 0 Å². The average Bonchev–Trinajstić information content (AvgIpc) is 1.19. The van der Waals surface area contributed by atoms with Gasteiger partial charge >= 0.3 is 18.4 Å². The lowest BCUT2D eigenvalue weighted by molar-refractivity contribution is 0.275. The van der Waals surface area contributed by atoms with Crippen molar-refractivity contribution in [2.75, 3.05) is 0 Å². The Morgan fingerprint density at radius 2 is 1.00 bits per heavy atom. The topological polar surface area (TPSA) is 129 Å². The number of rotatable bonds is 0. The average molecular weight is 178 g/mol. The van der Waals surface area contributed by atoms with E-state index in [1.165, 1.54) is 0 Å². The van der Waals surface area contributed by atoms with Crippen LogP contribution in [0.15, 0.2) is 0 Å². The molecule has 0 aliphatic heterocycles. The van der Waals surface area contributed by atoms with E-state index in [1.54, 1.807) is 0 Å². The molecule has 0 unspecified atom stereocenters. The molecular weight excluding hydrogens is 175 g/mol. The number of phosphoric acid groups is 1. The van der Waals surface area contributed by atoms with Gasteiger partial charge in [-0.15, -0.1) is 12.6 Å². The fourth-order valence-corrected chi connectivity index (χ4v) is 0. The molecule has 9 heavy (non-hydrogen) atoms. The molecule has 0 spiro atoms. The second kappa shape index (κ2) is 4.59. The predicted molar refractivity (Wildman–Crippen MR) is 24.0 cm³/mol. The van der Waals surface area contributed by atoms with Gasteiger partial charge in [-0.3, -0.25) is 0 Å². The highest BCUT2D eigenvalue weighted by molar-refractivity contribution is 7.59. The van der Waals surface area contributed by atoms with E-state index in [-0.39, 0.29) is 0 Å². The minimum Gasteiger partial charge on any atom is -0.303 e. The van der Waals surface area contributed by atoms with Crippen molar-refractivity contribution in [2.45, 2.75) is 0 Å². The van der Waals surface area contributed by atoms with Gasteiger partial charge in [0.2, 0.25) is 0 Å². The third-order valence-electron chi connectivity index (χ3n) is 0. The lowest BCUT2D eigenvalue weighted by atomic mass is 15.8. The van der Waals surface area contributed by atoms with E-state index in [0.717, 1.165) is 0 Å². The van der Waals surface area contributed by atoms with Crippen LogP contribution in [0.25, 0.3) is 0 Å². The van der Waals surface area contributed by atoms with Gasteiger partial charge < -0.3 is 14.7 Å². The monoisotopic (exact) mass is 178 g/mol. The molecule has 0 heterocycles. The smallest absolute Gasteiger partial charge is 0.303 e. The highest BCUT2D eigenvalue weighted by atomic mass is 32.2. The van der Waals surface area contributed by atoms with Gasteiger partial charge in [-0.25, -0.2) is 4.57 Å². The van der Waals surface area contributed by atoms with Gasteiger partial charge in [-0.2, -0.15) is 0 Å². The third kappa shape index (κ3) is 3480. The van der Waals surface area contributed by atoms with Crippen LogP contribution in [-0.2, 0) is 15.2 Å².